The van der Waals surface area contributed by atoms with Crippen LogP contribution in [0.5, 0.6) is 0 Å². The maximum absolute atomic E-state index is 12.9. The molecule has 1 N–H and O–H groups in total. The summed E-state index contributed by atoms with van der Waals surface area (Å²) < 4.78 is 45.4. The topological polar surface area (TPSA) is 42.5 Å². The summed E-state index contributed by atoms with van der Waals surface area (Å²) in [6.45, 7) is 2.03. The van der Waals surface area contributed by atoms with Crippen LogP contribution in [0.1, 0.15) is 22.5 Å². The zero-order valence-electron chi connectivity index (χ0n) is 11.8. The second-order valence-electron chi connectivity index (χ2n) is 4.98. The third-order valence-corrected chi connectivity index (χ3v) is 3.53. The molecule has 0 saturated heterocycles. The zero-order valence-corrected chi connectivity index (χ0v) is 11.8. The predicted octanol–water partition coefficient (Wildman–Crippen LogP) is 3.54. The molecule has 7 heteroatoms. The summed E-state index contributed by atoms with van der Waals surface area (Å²) in [4.78, 5) is 4.23. The van der Waals surface area contributed by atoms with Gasteiger partial charge in [0, 0.05) is 42.8 Å². The molecule has 0 aliphatic heterocycles. The van der Waals surface area contributed by atoms with Crippen molar-refractivity contribution in [2.75, 3.05) is 0 Å². The van der Waals surface area contributed by atoms with Crippen LogP contribution in [0.25, 0.3) is 5.65 Å². The van der Waals surface area contributed by atoms with E-state index in [-0.39, 0.29) is 17.9 Å². The van der Waals surface area contributed by atoms with Crippen molar-refractivity contribution < 1.29 is 17.6 Å². The minimum atomic E-state index is -4.40. The first-order chi connectivity index (χ1) is 10.5. The van der Waals surface area contributed by atoms with Gasteiger partial charge in [0.2, 0.25) is 0 Å². The molecular formula is C15H14F3N3O. The molecule has 0 saturated carbocycles. The number of aryl methyl sites for hydroxylation is 1. The molecule has 0 aromatic carbocycles. The molecule has 22 heavy (non-hydrogen) atoms. The third-order valence-electron chi connectivity index (χ3n) is 3.53. The first-order valence-corrected chi connectivity index (χ1v) is 6.72. The van der Waals surface area contributed by atoms with E-state index >= 15 is 0 Å². The Hall–Kier alpha value is -2.28. The standard InChI is InChI=1S/C15H14F3N3O/c1-10-12(13(9-22-10)15(16,17)18)8-19-7-11-3-2-5-21-6-4-20-14(11)21/h2-6,9,19H,7-8H2,1H3. The van der Waals surface area contributed by atoms with E-state index in [1.165, 1.54) is 6.92 Å². The van der Waals surface area contributed by atoms with Crippen molar-refractivity contribution in [1.29, 1.82) is 0 Å². The molecule has 4 nitrogen and oxygen atoms in total. The normalized spacial score (nSPS) is 12.2. The Morgan fingerprint density at radius 2 is 2.09 bits per heavy atom. The molecule has 116 valence electrons. The molecule has 0 amide bonds. The van der Waals surface area contributed by atoms with Gasteiger partial charge in [-0.05, 0) is 13.0 Å². The molecule has 0 spiro atoms. The van der Waals surface area contributed by atoms with Gasteiger partial charge in [0.25, 0.3) is 0 Å². The van der Waals surface area contributed by atoms with E-state index < -0.39 is 11.7 Å². The van der Waals surface area contributed by atoms with Gasteiger partial charge in [0.05, 0.1) is 5.56 Å². The molecule has 0 radical (unpaired) electrons. The van der Waals surface area contributed by atoms with Gasteiger partial charge in [0.1, 0.15) is 17.7 Å². The van der Waals surface area contributed by atoms with Gasteiger partial charge in [-0.1, -0.05) is 6.07 Å². The second-order valence-corrected chi connectivity index (χ2v) is 4.98. The largest absolute Gasteiger partial charge is 0.469 e. The van der Waals surface area contributed by atoms with E-state index in [0.717, 1.165) is 17.5 Å². The Morgan fingerprint density at radius 3 is 2.86 bits per heavy atom. The lowest BCUT2D eigenvalue weighted by Gasteiger charge is -2.09. The minimum Gasteiger partial charge on any atom is -0.469 e. The highest BCUT2D eigenvalue weighted by molar-refractivity contribution is 5.47. The molecule has 3 aromatic heterocycles. The molecule has 0 aliphatic carbocycles. The number of alkyl halides is 3. The highest BCUT2D eigenvalue weighted by atomic mass is 19.4. The van der Waals surface area contributed by atoms with Crippen molar-refractivity contribution in [1.82, 2.24) is 14.7 Å². The summed E-state index contributed by atoms with van der Waals surface area (Å²) in [5, 5.41) is 3.03. The number of pyridine rings is 1. The number of hydrogen-bond acceptors (Lipinski definition) is 3. The minimum absolute atomic E-state index is 0.0823. The summed E-state index contributed by atoms with van der Waals surface area (Å²) >= 11 is 0. The summed E-state index contributed by atoms with van der Waals surface area (Å²) in [6, 6.07) is 3.76. The first kappa shape index (κ1) is 14.6. The maximum Gasteiger partial charge on any atom is 0.419 e. The van der Waals surface area contributed by atoms with Gasteiger partial charge >= 0.3 is 6.18 Å². The molecular weight excluding hydrogens is 295 g/mol. The lowest BCUT2D eigenvalue weighted by Crippen LogP contribution is -2.17. The van der Waals surface area contributed by atoms with E-state index in [9.17, 15) is 13.2 Å². The average molecular weight is 309 g/mol. The zero-order chi connectivity index (χ0) is 15.7. The smallest absolute Gasteiger partial charge is 0.419 e. The fraction of sp³-hybridized carbons (Fsp3) is 0.267. The van der Waals surface area contributed by atoms with E-state index in [2.05, 4.69) is 10.3 Å². The third kappa shape index (κ3) is 2.71. The lowest BCUT2D eigenvalue weighted by molar-refractivity contribution is -0.138. The summed E-state index contributed by atoms with van der Waals surface area (Å²) in [5.41, 5.74) is 1.12. The Balaban J connectivity index is 1.74. The first-order valence-electron chi connectivity index (χ1n) is 6.72. The van der Waals surface area contributed by atoms with Crippen molar-refractivity contribution >= 4 is 5.65 Å². The van der Waals surface area contributed by atoms with Crippen LogP contribution in [-0.2, 0) is 19.3 Å². The van der Waals surface area contributed by atoms with Gasteiger partial charge in [-0.2, -0.15) is 13.2 Å². The number of halogens is 3. The van der Waals surface area contributed by atoms with E-state index in [1.54, 1.807) is 6.20 Å². The number of hydrogen-bond donors (Lipinski definition) is 1. The van der Waals surface area contributed by atoms with Gasteiger partial charge in [0.15, 0.2) is 0 Å². The highest BCUT2D eigenvalue weighted by Crippen LogP contribution is 2.34. The van der Waals surface area contributed by atoms with Crippen LogP contribution in [0, 0.1) is 6.92 Å². The molecule has 3 heterocycles. The molecule has 0 bridgehead atoms. The number of imidazole rings is 1. The van der Waals surface area contributed by atoms with E-state index in [1.807, 2.05) is 28.9 Å². The predicted molar refractivity (Wildman–Crippen MR) is 74.2 cm³/mol. The fourth-order valence-electron chi connectivity index (χ4n) is 2.41. The van der Waals surface area contributed by atoms with Crippen molar-refractivity contribution in [3.8, 4) is 0 Å². The monoisotopic (exact) mass is 309 g/mol. The Kier molecular flexibility index (Phi) is 3.66. The van der Waals surface area contributed by atoms with Gasteiger partial charge < -0.3 is 14.1 Å². The molecule has 3 rings (SSSR count). The number of aromatic nitrogens is 2. The maximum atomic E-state index is 12.9. The van der Waals surface area contributed by atoms with E-state index in [0.29, 0.717) is 6.54 Å². The van der Waals surface area contributed by atoms with E-state index in [4.69, 9.17) is 4.42 Å². The Labute approximate surface area is 124 Å². The van der Waals surface area contributed by atoms with Gasteiger partial charge in [-0.25, -0.2) is 4.98 Å². The number of rotatable bonds is 4. The summed E-state index contributed by atoms with van der Waals surface area (Å²) in [5.74, 6) is 0.277. The van der Waals surface area contributed by atoms with Crippen LogP contribution >= 0.6 is 0 Å². The quantitative estimate of drug-likeness (QED) is 0.801. The Bertz CT molecular complexity index is 789. The number of nitrogens with one attached hydrogen (secondary N) is 1. The number of furan rings is 1. The fourth-order valence-corrected chi connectivity index (χ4v) is 2.41. The van der Waals surface area contributed by atoms with Crippen molar-refractivity contribution in [3.63, 3.8) is 0 Å². The second kappa shape index (κ2) is 5.49. The van der Waals surface area contributed by atoms with Gasteiger partial charge in [-0.15, -0.1) is 0 Å². The van der Waals surface area contributed by atoms with Crippen LogP contribution in [0.2, 0.25) is 0 Å². The Morgan fingerprint density at radius 1 is 1.27 bits per heavy atom. The SMILES string of the molecule is Cc1occ(C(F)(F)F)c1CNCc1cccn2ccnc12. The van der Waals surface area contributed by atoms with Crippen molar-refractivity contribution in [3.05, 3.63) is 59.4 Å². The molecule has 0 aliphatic rings. The average Bonchev–Trinajstić information content (AvgIpc) is 3.06. The highest BCUT2D eigenvalue weighted by Gasteiger charge is 2.35. The van der Waals surface area contributed by atoms with Crippen molar-refractivity contribution in [2.45, 2.75) is 26.2 Å². The van der Waals surface area contributed by atoms with Crippen molar-refractivity contribution in [2.24, 2.45) is 0 Å². The van der Waals surface area contributed by atoms with Crippen LogP contribution in [0.3, 0.4) is 0 Å². The lowest BCUT2D eigenvalue weighted by atomic mass is 10.1. The van der Waals surface area contributed by atoms with Gasteiger partial charge in [-0.3, -0.25) is 0 Å². The van der Waals surface area contributed by atoms with Crippen LogP contribution in [0.4, 0.5) is 13.2 Å². The molecule has 0 atom stereocenters. The summed E-state index contributed by atoms with van der Waals surface area (Å²) in [6.07, 6.45) is 1.73. The molecule has 0 fully saturated rings. The van der Waals surface area contributed by atoms with Crippen LogP contribution in [-0.4, -0.2) is 9.38 Å². The summed E-state index contributed by atoms with van der Waals surface area (Å²) in [7, 11) is 0. The number of nitrogens with zero attached hydrogens (tertiary/aromatic N) is 2. The molecule has 0 unspecified atom stereocenters. The van der Waals surface area contributed by atoms with Crippen LogP contribution < -0.4 is 5.32 Å². The number of fused-ring (bicyclic) bond motifs is 1. The van der Waals surface area contributed by atoms with Crippen LogP contribution in [0.15, 0.2) is 41.4 Å². The molecule has 3 aromatic rings.